The first-order chi connectivity index (χ1) is 17.5. The van der Waals surface area contributed by atoms with Crippen molar-refractivity contribution in [3.63, 3.8) is 0 Å². The van der Waals surface area contributed by atoms with Crippen molar-refractivity contribution >= 4 is 23.1 Å². The first-order valence-electron chi connectivity index (χ1n) is 13.9. The van der Waals surface area contributed by atoms with E-state index in [1.165, 1.54) is 0 Å². The summed E-state index contributed by atoms with van der Waals surface area (Å²) < 4.78 is 0. The molecule has 4 heteroatoms. The highest BCUT2D eigenvalue weighted by atomic mass is 16.1. The summed E-state index contributed by atoms with van der Waals surface area (Å²) in [6, 6.07) is 0. The van der Waals surface area contributed by atoms with E-state index in [4.69, 9.17) is 0 Å². The highest BCUT2D eigenvalue weighted by Crippen LogP contribution is 2.35. The smallest absolute Gasteiger partial charge is 0.159 e. The van der Waals surface area contributed by atoms with Crippen molar-refractivity contribution in [2.24, 2.45) is 0 Å². The first-order valence-corrected chi connectivity index (χ1v) is 13.9. The largest absolute Gasteiger partial charge is 0.295 e. The molecule has 0 atom stereocenters. The van der Waals surface area contributed by atoms with Crippen LogP contribution in [0.25, 0.3) is 0 Å². The Morgan fingerprint density at radius 1 is 0.306 bits per heavy atom. The van der Waals surface area contributed by atoms with Gasteiger partial charge in [0.2, 0.25) is 0 Å². The summed E-state index contributed by atoms with van der Waals surface area (Å²) in [6.07, 6.45) is 20.4. The lowest BCUT2D eigenvalue weighted by Crippen LogP contribution is -2.00. The van der Waals surface area contributed by atoms with E-state index >= 15 is 0 Å². The van der Waals surface area contributed by atoms with E-state index in [0.717, 1.165) is 122 Å². The summed E-state index contributed by atoms with van der Waals surface area (Å²) in [5.41, 5.74) is 8.29. The third kappa shape index (κ3) is 5.28. The average molecular weight is 485 g/mol. The summed E-state index contributed by atoms with van der Waals surface area (Å²) >= 11 is 0. The van der Waals surface area contributed by atoms with Gasteiger partial charge in [0.15, 0.2) is 23.1 Å². The van der Waals surface area contributed by atoms with Crippen molar-refractivity contribution in [1.29, 1.82) is 0 Å². The Labute approximate surface area is 214 Å². The van der Waals surface area contributed by atoms with Gasteiger partial charge in [0, 0.05) is 25.7 Å². The molecule has 5 aliphatic rings. The van der Waals surface area contributed by atoms with Gasteiger partial charge in [0.25, 0.3) is 0 Å². The fourth-order valence-electron chi connectivity index (χ4n) is 6.46. The van der Waals surface area contributed by atoms with Crippen LogP contribution in [-0.4, -0.2) is 23.1 Å². The first kappa shape index (κ1) is 24.8. The van der Waals surface area contributed by atoms with Gasteiger partial charge in [-0.2, -0.15) is 0 Å². The third-order valence-electron chi connectivity index (χ3n) is 8.56. The van der Waals surface area contributed by atoms with E-state index in [9.17, 15) is 19.2 Å². The summed E-state index contributed by atoms with van der Waals surface area (Å²) in [6.45, 7) is 0. The lowest BCUT2D eigenvalue weighted by atomic mass is 9.96. The second kappa shape index (κ2) is 11.0. The maximum absolute atomic E-state index is 12.6. The molecule has 0 aromatic heterocycles. The summed E-state index contributed by atoms with van der Waals surface area (Å²) in [4.78, 5) is 50.3. The molecule has 188 valence electrons. The van der Waals surface area contributed by atoms with Crippen LogP contribution in [0.15, 0.2) is 68.9 Å². The summed E-state index contributed by atoms with van der Waals surface area (Å²) in [7, 11) is 0. The highest BCUT2D eigenvalue weighted by Gasteiger charge is 2.26. The number of Topliss-reactive ketones (excluding diaryl/α,β-unsaturated/α-hetero) is 4. The van der Waals surface area contributed by atoms with E-state index in [-0.39, 0.29) is 23.1 Å². The Hall–Kier alpha value is -2.88. The van der Waals surface area contributed by atoms with Gasteiger partial charge in [-0.25, -0.2) is 0 Å². The fourth-order valence-corrected chi connectivity index (χ4v) is 6.46. The minimum absolute atomic E-state index is 0.253. The number of allylic oxidation sites excluding steroid dienone is 12. The van der Waals surface area contributed by atoms with E-state index in [2.05, 4.69) is 24.3 Å². The van der Waals surface area contributed by atoms with Gasteiger partial charge in [0.05, 0.1) is 0 Å². The van der Waals surface area contributed by atoms with Crippen LogP contribution in [0.1, 0.15) is 103 Å². The van der Waals surface area contributed by atoms with E-state index in [0.29, 0.717) is 25.7 Å². The van der Waals surface area contributed by atoms with E-state index in [1.54, 1.807) is 0 Å². The molecule has 0 heterocycles. The number of hydrogen-bond donors (Lipinski definition) is 0. The van der Waals surface area contributed by atoms with Gasteiger partial charge in [-0.05, 0) is 122 Å². The third-order valence-corrected chi connectivity index (χ3v) is 8.56. The van der Waals surface area contributed by atoms with Crippen molar-refractivity contribution in [2.75, 3.05) is 0 Å². The van der Waals surface area contributed by atoms with Crippen LogP contribution in [0.3, 0.4) is 0 Å². The molecule has 0 aliphatic heterocycles. The molecule has 0 aromatic rings. The lowest BCUT2D eigenvalue weighted by molar-refractivity contribution is -0.115. The SMILES string of the molecule is O=C1CCC2=C1CCCCC1=C(/C=C/C3=C(CCCCC4=C(/C=C/2)CCC4=O)C(=O)CC3)CCC1=O. The van der Waals surface area contributed by atoms with Gasteiger partial charge < -0.3 is 0 Å². The Morgan fingerprint density at radius 2 is 0.528 bits per heavy atom. The Morgan fingerprint density at radius 3 is 0.750 bits per heavy atom. The van der Waals surface area contributed by atoms with Crippen molar-refractivity contribution in [3.8, 4) is 0 Å². The van der Waals surface area contributed by atoms with Crippen LogP contribution < -0.4 is 0 Å². The van der Waals surface area contributed by atoms with Crippen LogP contribution in [0.2, 0.25) is 0 Å². The predicted molar refractivity (Wildman–Crippen MR) is 140 cm³/mol. The number of rotatable bonds is 0. The fraction of sp³-hybridized carbons (Fsp3) is 0.500. The second-order valence-corrected chi connectivity index (χ2v) is 10.8. The zero-order valence-corrected chi connectivity index (χ0v) is 21.3. The molecule has 0 amide bonds. The number of hydrogen-bond acceptors (Lipinski definition) is 4. The summed E-state index contributed by atoms with van der Waals surface area (Å²) in [5.74, 6) is 1.01. The van der Waals surface area contributed by atoms with Crippen molar-refractivity contribution in [3.05, 3.63) is 68.9 Å². The van der Waals surface area contributed by atoms with Crippen molar-refractivity contribution in [2.45, 2.75) is 103 Å². The second-order valence-electron chi connectivity index (χ2n) is 10.8. The maximum Gasteiger partial charge on any atom is 0.159 e. The van der Waals surface area contributed by atoms with Crippen LogP contribution in [0.5, 0.6) is 0 Å². The zero-order valence-electron chi connectivity index (χ0n) is 21.3. The molecule has 0 saturated heterocycles. The molecule has 0 N–H and O–H groups in total. The minimum Gasteiger partial charge on any atom is -0.295 e. The number of carbonyl (C=O) groups excluding carboxylic acids is 4. The molecular formula is C32H36O4. The van der Waals surface area contributed by atoms with Crippen LogP contribution >= 0.6 is 0 Å². The molecule has 0 unspecified atom stereocenters. The molecule has 0 spiro atoms. The van der Waals surface area contributed by atoms with Gasteiger partial charge in [0.1, 0.15) is 0 Å². The lowest BCUT2D eigenvalue weighted by Gasteiger charge is -2.08. The molecule has 36 heavy (non-hydrogen) atoms. The maximum atomic E-state index is 12.6. The molecule has 5 aliphatic carbocycles. The molecular weight excluding hydrogens is 448 g/mol. The van der Waals surface area contributed by atoms with E-state index in [1.807, 2.05) is 0 Å². The summed E-state index contributed by atoms with van der Waals surface area (Å²) in [5, 5.41) is 0. The van der Waals surface area contributed by atoms with E-state index < -0.39 is 0 Å². The van der Waals surface area contributed by atoms with Gasteiger partial charge in [-0.15, -0.1) is 0 Å². The zero-order chi connectivity index (χ0) is 25.1. The monoisotopic (exact) mass is 484 g/mol. The standard InChI is InChI=1S/C32H36O4/c33-29-17-13-21-9-10-23-15-19-31(35)27(23)7-3-4-8-28-24(16-20-32(28)36)12-11-22-14-18-30(34)26(22)6-2-1-5-25(21)29/h9-12H,1-8,13-20H2/b10-9+,12-11+. The van der Waals surface area contributed by atoms with Crippen LogP contribution in [-0.2, 0) is 19.2 Å². The van der Waals surface area contributed by atoms with Crippen LogP contribution in [0, 0.1) is 0 Å². The normalized spacial score (nSPS) is 26.4. The Balaban J connectivity index is 1.42. The number of carbonyl (C=O) groups is 4. The van der Waals surface area contributed by atoms with Crippen molar-refractivity contribution in [1.82, 2.24) is 0 Å². The van der Waals surface area contributed by atoms with Crippen LogP contribution in [0.4, 0.5) is 0 Å². The minimum atomic E-state index is 0.253. The predicted octanol–water partition coefficient (Wildman–Crippen LogP) is 6.87. The molecule has 0 fully saturated rings. The quantitative estimate of drug-likeness (QED) is 0.376. The Kier molecular flexibility index (Phi) is 7.59. The molecule has 0 saturated carbocycles. The molecule has 0 radical (unpaired) electrons. The van der Waals surface area contributed by atoms with Crippen molar-refractivity contribution < 1.29 is 19.2 Å². The molecule has 4 nitrogen and oxygen atoms in total. The molecule has 5 rings (SSSR count). The highest BCUT2D eigenvalue weighted by molar-refractivity contribution is 6.01. The molecule has 0 aromatic carbocycles. The van der Waals surface area contributed by atoms with Gasteiger partial charge >= 0.3 is 0 Å². The Bertz CT molecular complexity index is 1010. The molecule has 0 bridgehead atoms. The average Bonchev–Trinajstić information content (AvgIpc) is 3.60. The van der Waals surface area contributed by atoms with Gasteiger partial charge in [-0.1, -0.05) is 24.3 Å². The topological polar surface area (TPSA) is 68.3 Å². The van der Waals surface area contributed by atoms with Gasteiger partial charge in [-0.3, -0.25) is 19.2 Å². The number of ketones is 4.